The number of methoxy groups -OCH3 is 1. The van der Waals surface area contributed by atoms with E-state index in [1.54, 1.807) is 6.08 Å². The molecule has 0 spiro atoms. The highest BCUT2D eigenvalue weighted by atomic mass is 32.1. The molecule has 1 heterocycles. The first kappa shape index (κ1) is 11.1. The zero-order valence-corrected chi connectivity index (χ0v) is 9.75. The van der Waals surface area contributed by atoms with Crippen LogP contribution in [0.4, 0.5) is 0 Å². The minimum absolute atomic E-state index is 0.239. The summed E-state index contributed by atoms with van der Waals surface area (Å²) in [5.74, 6) is 0.0993. The van der Waals surface area contributed by atoms with E-state index in [0.717, 1.165) is 22.6 Å². The summed E-state index contributed by atoms with van der Waals surface area (Å²) in [4.78, 5) is 24.3. The molecule has 0 aromatic carbocycles. The van der Waals surface area contributed by atoms with Crippen molar-refractivity contribution in [1.82, 2.24) is 0 Å². The molecule has 1 aromatic rings. The summed E-state index contributed by atoms with van der Waals surface area (Å²) >= 11 is 1.42. The van der Waals surface area contributed by atoms with Crippen molar-refractivity contribution in [3.8, 4) is 0 Å². The molecule has 0 radical (unpaired) electrons. The molecule has 1 aliphatic carbocycles. The maximum absolute atomic E-state index is 11.7. The van der Waals surface area contributed by atoms with Crippen molar-refractivity contribution >= 4 is 29.2 Å². The van der Waals surface area contributed by atoms with Gasteiger partial charge in [0.25, 0.3) is 0 Å². The number of thiophene rings is 1. The maximum Gasteiger partial charge on any atom is 0.330 e. The average Bonchev–Trinajstić information content (AvgIpc) is 3.04. The molecule has 16 heavy (non-hydrogen) atoms. The van der Waals surface area contributed by atoms with Crippen molar-refractivity contribution in [2.45, 2.75) is 12.8 Å². The van der Waals surface area contributed by atoms with Crippen molar-refractivity contribution in [2.24, 2.45) is 5.92 Å². The zero-order chi connectivity index (χ0) is 11.5. The molecule has 0 saturated heterocycles. The minimum Gasteiger partial charge on any atom is -0.466 e. The average molecular weight is 236 g/mol. The molecule has 1 aromatic heterocycles. The van der Waals surface area contributed by atoms with E-state index in [4.69, 9.17) is 0 Å². The van der Waals surface area contributed by atoms with E-state index in [1.165, 1.54) is 24.5 Å². The summed E-state index contributed by atoms with van der Waals surface area (Å²) in [6, 6.07) is 3.67. The van der Waals surface area contributed by atoms with Crippen LogP contribution >= 0.6 is 11.3 Å². The van der Waals surface area contributed by atoms with Gasteiger partial charge in [-0.05, 0) is 31.1 Å². The Labute approximate surface area is 97.7 Å². The standard InChI is InChI=1S/C12H12O3S/c1-15-11(13)7-5-9-4-6-10(16-9)12(14)8-2-3-8/h4-8H,2-3H2,1H3. The van der Waals surface area contributed by atoms with Gasteiger partial charge in [-0.1, -0.05) is 0 Å². The monoisotopic (exact) mass is 236 g/mol. The first-order valence-electron chi connectivity index (χ1n) is 5.11. The molecule has 0 N–H and O–H groups in total. The fraction of sp³-hybridized carbons (Fsp3) is 0.333. The lowest BCUT2D eigenvalue weighted by Crippen LogP contribution is -1.96. The molecular formula is C12H12O3S. The van der Waals surface area contributed by atoms with Crippen molar-refractivity contribution in [3.05, 3.63) is 28.0 Å². The lowest BCUT2D eigenvalue weighted by atomic mass is 10.2. The van der Waals surface area contributed by atoms with Gasteiger partial charge < -0.3 is 4.74 Å². The molecule has 0 amide bonds. The quantitative estimate of drug-likeness (QED) is 0.458. The molecule has 3 nitrogen and oxygen atoms in total. The largest absolute Gasteiger partial charge is 0.466 e. The third kappa shape index (κ3) is 2.58. The summed E-state index contributed by atoms with van der Waals surface area (Å²) in [7, 11) is 1.34. The molecule has 84 valence electrons. The SMILES string of the molecule is COC(=O)C=Cc1ccc(C(=O)C2CC2)s1. The number of hydrogen-bond donors (Lipinski definition) is 0. The van der Waals surface area contributed by atoms with Crippen molar-refractivity contribution in [2.75, 3.05) is 7.11 Å². The van der Waals surface area contributed by atoms with Crippen LogP contribution in [0.5, 0.6) is 0 Å². The van der Waals surface area contributed by atoms with Gasteiger partial charge in [-0.3, -0.25) is 4.79 Å². The lowest BCUT2D eigenvalue weighted by Gasteiger charge is -1.90. The van der Waals surface area contributed by atoms with Crippen LogP contribution in [-0.4, -0.2) is 18.9 Å². The Morgan fingerprint density at radius 2 is 2.19 bits per heavy atom. The molecule has 0 bridgehead atoms. The number of carbonyl (C=O) groups is 2. The Balaban J connectivity index is 2.04. The Kier molecular flexibility index (Phi) is 3.19. The van der Waals surface area contributed by atoms with Crippen LogP contribution in [0.3, 0.4) is 0 Å². The van der Waals surface area contributed by atoms with E-state index in [9.17, 15) is 9.59 Å². The summed E-state index contributed by atoms with van der Waals surface area (Å²) in [5.41, 5.74) is 0. The number of esters is 1. The second kappa shape index (κ2) is 4.61. The van der Waals surface area contributed by atoms with Crippen molar-refractivity contribution in [1.29, 1.82) is 0 Å². The lowest BCUT2D eigenvalue weighted by molar-refractivity contribution is -0.134. The highest BCUT2D eigenvalue weighted by molar-refractivity contribution is 7.14. The fourth-order valence-electron chi connectivity index (χ4n) is 1.34. The molecule has 1 fully saturated rings. The van der Waals surface area contributed by atoms with Gasteiger partial charge >= 0.3 is 5.97 Å². The van der Waals surface area contributed by atoms with Crippen molar-refractivity contribution in [3.63, 3.8) is 0 Å². The van der Waals surface area contributed by atoms with E-state index in [0.29, 0.717) is 0 Å². The molecule has 2 rings (SSSR count). The number of Topliss-reactive ketones (excluding diaryl/α,β-unsaturated/α-hetero) is 1. The topological polar surface area (TPSA) is 43.4 Å². The molecule has 4 heteroatoms. The number of hydrogen-bond acceptors (Lipinski definition) is 4. The summed E-state index contributed by atoms with van der Waals surface area (Å²) in [6.45, 7) is 0. The molecule has 1 aliphatic rings. The van der Waals surface area contributed by atoms with Gasteiger partial charge in [0.2, 0.25) is 0 Å². The maximum atomic E-state index is 11.7. The van der Waals surface area contributed by atoms with Gasteiger partial charge in [0.05, 0.1) is 12.0 Å². The van der Waals surface area contributed by atoms with Crippen LogP contribution in [0.2, 0.25) is 0 Å². The number of ether oxygens (including phenoxy) is 1. The van der Waals surface area contributed by atoms with Crippen LogP contribution in [0.25, 0.3) is 6.08 Å². The second-order valence-electron chi connectivity index (χ2n) is 3.70. The molecule has 0 aliphatic heterocycles. The predicted molar refractivity (Wildman–Crippen MR) is 62.4 cm³/mol. The normalized spacial score (nSPS) is 15.3. The van der Waals surface area contributed by atoms with Crippen LogP contribution in [0.15, 0.2) is 18.2 Å². The third-order valence-corrected chi connectivity index (χ3v) is 3.47. The Morgan fingerprint density at radius 3 is 2.81 bits per heavy atom. The Bertz CT molecular complexity index is 441. The number of carbonyl (C=O) groups excluding carboxylic acids is 2. The second-order valence-corrected chi connectivity index (χ2v) is 4.81. The van der Waals surface area contributed by atoms with Gasteiger partial charge in [0, 0.05) is 16.9 Å². The highest BCUT2D eigenvalue weighted by Crippen LogP contribution is 2.34. The first-order valence-corrected chi connectivity index (χ1v) is 5.92. The summed E-state index contributed by atoms with van der Waals surface area (Å²) in [6.07, 6.45) is 5.06. The molecule has 0 unspecified atom stereocenters. The molecule has 0 atom stereocenters. The van der Waals surface area contributed by atoms with Gasteiger partial charge in [-0.25, -0.2) is 4.79 Å². The van der Waals surface area contributed by atoms with Gasteiger partial charge in [-0.15, -0.1) is 11.3 Å². The van der Waals surface area contributed by atoms with E-state index >= 15 is 0 Å². The predicted octanol–water partition coefficient (Wildman–Crippen LogP) is 2.53. The van der Waals surface area contributed by atoms with Crippen molar-refractivity contribution < 1.29 is 14.3 Å². The van der Waals surface area contributed by atoms with Crippen LogP contribution in [-0.2, 0) is 9.53 Å². The van der Waals surface area contributed by atoms with E-state index in [1.807, 2.05) is 12.1 Å². The van der Waals surface area contributed by atoms with Crippen LogP contribution < -0.4 is 0 Å². The first-order chi connectivity index (χ1) is 7.70. The van der Waals surface area contributed by atoms with Crippen LogP contribution in [0.1, 0.15) is 27.4 Å². The zero-order valence-electron chi connectivity index (χ0n) is 8.93. The van der Waals surface area contributed by atoms with Gasteiger partial charge in [0.1, 0.15) is 0 Å². The van der Waals surface area contributed by atoms with E-state index < -0.39 is 0 Å². The van der Waals surface area contributed by atoms with Gasteiger partial charge in [-0.2, -0.15) is 0 Å². The Hall–Kier alpha value is -1.42. The fourth-order valence-corrected chi connectivity index (χ4v) is 2.27. The third-order valence-electron chi connectivity index (χ3n) is 2.40. The highest BCUT2D eigenvalue weighted by Gasteiger charge is 2.31. The summed E-state index contributed by atoms with van der Waals surface area (Å²) < 4.78 is 4.49. The van der Waals surface area contributed by atoms with E-state index in [-0.39, 0.29) is 17.7 Å². The Morgan fingerprint density at radius 1 is 1.44 bits per heavy atom. The number of rotatable bonds is 4. The molecular weight excluding hydrogens is 224 g/mol. The smallest absolute Gasteiger partial charge is 0.330 e. The molecule has 1 saturated carbocycles. The summed E-state index contributed by atoms with van der Waals surface area (Å²) in [5, 5.41) is 0. The van der Waals surface area contributed by atoms with E-state index in [2.05, 4.69) is 4.74 Å². The minimum atomic E-state index is -0.386. The van der Waals surface area contributed by atoms with Gasteiger partial charge in [0.15, 0.2) is 5.78 Å². The number of ketones is 1. The van der Waals surface area contributed by atoms with Crippen LogP contribution in [0, 0.1) is 5.92 Å².